The minimum Gasteiger partial charge on any atom is -0.593 e. The highest BCUT2D eigenvalue weighted by molar-refractivity contribution is 5.95. The first-order valence-corrected chi connectivity index (χ1v) is 19.4. The molecule has 0 saturated carbocycles. The Kier molecular flexibility index (Phi) is 17.5. The van der Waals surface area contributed by atoms with Crippen molar-refractivity contribution in [2.45, 2.75) is 83.6 Å². The number of hydrogen-bond donors (Lipinski definition) is 2. The molecule has 58 heavy (non-hydrogen) atoms. The second-order valence-corrected chi connectivity index (χ2v) is 15.2. The number of carbonyl (C=O) groups excluding carboxylic acids is 5. The predicted octanol–water partition coefficient (Wildman–Crippen LogP) is 3.72. The van der Waals surface area contributed by atoms with Crippen LogP contribution in [-0.4, -0.2) is 127 Å². The Labute approximate surface area is 342 Å². The quantitative estimate of drug-likeness (QED) is 0.126. The first kappa shape index (κ1) is 46.8. The molecule has 0 bridgehead atoms. The Morgan fingerprint density at radius 1 is 0.690 bits per heavy atom. The fourth-order valence-electron chi connectivity index (χ4n) is 6.44. The van der Waals surface area contributed by atoms with Gasteiger partial charge in [0.25, 0.3) is 11.7 Å². The molecule has 316 valence electrons. The second-order valence-electron chi connectivity index (χ2n) is 15.2. The van der Waals surface area contributed by atoms with Crippen molar-refractivity contribution in [1.29, 1.82) is 0 Å². The number of benzene rings is 3. The molecule has 4 N–H and O–H groups in total. The second kappa shape index (κ2) is 21.8. The number of ether oxygens (including phenoxy) is 3. The molecular formula is C44H61N4O10+. The lowest BCUT2D eigenvalue weighted by Crippen LogP contribution is -2.59. The lowest BCUT2D eigenvalue weighted by atomic mass is 9.96. The topological polar surface area (TPSA) is 178 Å². The molecule has 0 aliphatic rings. The van der Waals surface area contributed by atoms with E-state index in [0.717, 1.165) is 5.56 Å². The molecule has 0 spiro atoms. The van der Waals surface area contributed by atoms with Crippen LogP contribution in [0.15, 0.2) is 72.8 Å². The van der Waals surface area contributed by atoms with Crippen LogP contribution in [0.2, 0.25) is 0 Å². The summed E-state index contributed by atoms with van der Waals surface area (Å²) in [5.74, 6) is -2.91. The Morgan fingerprint density at radius 3 is 1.66 bits per heavy atom. The van der Waals surface area contributed by atoms with E-state index < -0.39 is 71.8 Å². The molecule has 0 radical (unpaired) electrons. The molecule has 3 rings (SSSR count). The van der Waals surface area contributed by atoms with Crippen LogP contribution in [0.3, 0.4) is 0 Å². The summed E-state index contributed by atoms with van der Waals surface area (Å²) in [5, 5.41) is 20.6. The third-order valence-corrected chi connectivity index (χ3v) is 10.5. The van der Waals surface area contributed by atoms with Crippen molar-refractivity contribution in [3.63, 3.8) is 0 Å². The number of nitrogens with one attached hydrogen (secondary N) is 1. The number of hydrogen-bond acceptors (Lipinski definition) is 10. The molecule has 0 unspecified atom stereocenters. The largest absolute Gasteiger partial charge is 0.593 e. The summed E-state index contributed by atoms with van der Waals surface area (Å²) in [6.07, 6.45) is -0.295. The number of phenols is 1. The fourth-order valence-corrected chi connectivity index (χ4v) is 6.44. The van der Waals surface area contributed by atoms with Gasteiger partial charge in [-0.1, -0.05) is 52.0 Å². The third-order valence-electron chi connectivity index (χ3n) is 10.5. The first-order valence-electron chi connectivity index (χ1n) is 19.4. The molecule has 0 heterocycles. The van der Waals surface area contributed by atoms with Crippen molar-refractivity contribution >= 4 is 29.7 Å². The lowest BCUT2D eigenvalue weighted by molar-refractivity contribution is -0.164. The molecule has 0 aromatic heterocycles. The van der Waals surface area contributed by atoms with Gasteiger partial charge in [0.05, 0.1) is 14.2 Å². The van der Waals surface area contributed by atoms with Gasteiger partial charge in [0.2, 0.25) is 11.8 Å². The normalized spacial score (nSPS) is 14.3. The Hall–Kier alpha value is -5.63. The molecule has 3 amide bonds. The third kappa shape index (κ3) is 12.7. The molecule has 0 aliphatic carbocycles. The average Bonchev–Trinajstić information content (AvgIpc) is 3.21. The van der Waals surface area contributed by atoms with Crippen molar-refractivity contribution in [1.82, 2.24) is 20.0 Å². The van der Waals surface area contributed by atoms with Crippen molar-refractivity contribution < 1.29 is 48.4 Å². The van der Waals surface area contributed by atoms with Crippen molar-refractivity contribution in [3.8, 4) is 17.2 Å². The maximum atomic E-state index is 14.5. The van der Waals surface area contributed by atoms with E-state index in [9.17, 15) is 29.1 Å². The van der Waals surface area contributed by atoms with Crippen LogP contribution in [0.4, 0.5) is 0 Å². The summed E-state index contributed by atoms with van der Waals surface area (Å²) < 4.78 is 16.3. The van der Waals surface area contributed by atoms with Crippen LogP contribution in [0, 0.1) is 11.8 Å². The Morgan fingerprint density at radius 2 is 1.17 bits per heavy atom. The minimum atomic E-state index is -1.22. The van der Waals surface area contributed by atoms with Gasteiger partial charge in [0.15, 0.2) is 6.10 Å². The van der Waals surface area contributed by atoms with Gasteiger partial charge in [0.1, 0.15) is 35.7 Å². The fraction of sp³-hybridized carbons (Fsp3) is 0.477. The highest BCUT2D eigenvalue weighted by atomic mass is 16.6. The van der Waals surface area contributed by atoms with Gasteiger partial charge in [-0.3, -0.25) is 24.1 Å². The Bertz CT molecular complexity index is 1820. The molecule has 0 aliphatic heterocycles. The summed E-state index contributed by atoms with van der Waals surface area (Å²) in [7, 11) is 9.25. The molecule has 0 saturated heterocycles. The van der Waals surface area contributed by atoms with Crippen LogP contribution in [0.25, 0.3) is 0 Å². The standard InChI is InChI=1S/C44H60N4O10/c1-11-28(4)39(58-44(55)36(46(5)6)25-31-16-22-34(56-9)23-17-31)40(51)45-38(27(2)3)42(53)47(7)35(24-29-12-18-32(49)19-13-29)41(52)48(8)37(43(54)57-10)26-30-14-20-33(50)21-15-30/h12-23,27-28,35-39,49-50H,11,24-26H2,1-10H3,(H,45,51)/p+1/t28-,35+,36+,37-,38-,39-/m0/s1. The monoisotopic (exact) mass is 805 g/mol. The smallest absolute Gasteiger partial charge is 0.328 e. The lowest BCUT2D eigenvalue weighted by Gasteiger charge is -2.36. The zero-order chi connectivity index (χ0) is 43.3. The van der Waals surface area contributed by atoms with Gasteiger partial charge in [-0.25, -0.2) is 4.79 Å². The number of amides is 3. The van der Waals surface area contributed by atoms with Gasteiger partial charge in [-0.2, -0.15) is 0 Å². The minimum absolute atomic E-state index is 0.0130. The van der Waals surface area contributed by atoms with E-state index in [4.69, 9.17) is 19.3 Å². The van der Waals surface area contributed by atoms with E-state index in [0.29, 0.717) is 35.5 Å². The van der Waals surface area contributed by atoms with Crippen LogP contribution < -0.4 is 10.1 Å². The number of aromatic hydroxyl groups is 1. The molecule has 3 aromatic carbocycles. The van der Waals surface area contributed by atoms with Crippen LogP contribution in [0.5, 0.6) is 17.2 Å². The first-order chi connectivity index (χ1) is 27.4. The van der Waals surface area contributed by atoms with Crippen molar-refractivity contribution in [2.24, 2.45) is 11.8 Å². The van der Waals surface area contributed by atoms with E-state index >= 15 is 0 Å². The van der Waals surface area contributed by atoms with Gasteiger partial charge >= 0.3 is 11.9 Å². The number of rotatable bonds is 20. The van der Waals surface area contributed by atoms with Gasteiger partial charge in [-0.15, -0.1) is 0 Å². The molecule has 14 heteroatoms. The van der Waals surface area contributed by atoms with E-state index in [1.807, 2.05) is 19.1 Å². The van der Waals surface area contributed by atoms with E-state index in [1.54, 1.807) is 95.4 Å². The van der Waals surface area contributed by atoms with E-state index in [2.05, 4.69) is 5.32 Å². The van der Waals surface area contributed by atoms with Crippen molar-refractivity contribution in [2.75, 3.05) is 42.4 Å². The molecular weight excluding hydrogens is 745 g/mol. The summed E-state index contributed by atoms with van der Waals surface area (Å²) in [6, 6.07) is 16.0. The summed E-state index contributed by atoms with van der Waals surface area (Å²) in [6.45, 7) is 7.19. The maximum Gasteiger partial charge on any atom is 0.328 e. The van der Waals surface area contributed by atoms with Gasteiger partial charge in [-0.05, 0) is 85.9 Å². The number of nitrogens with zero attached hydrogens (tertiary/aromatic N) is 3. The predicted molar refractivity (Wildman–Crippen MR) is 220 cm³/mol. The van der Waals surface area contributed by atoms with E-state index in [1.165, 1.54) is 43.1 Å². The highest BCUT2D eigenvalue weighted by Gasteiger charge is 2.40. The van der Waals surface area contributed by atoms with Gasteiger partial charge in [0, 0.05) is 45.0 Å². The number of carbonyl (C=O) groups is 5. The molecule has 0 fully saturated rings. The summed E-state index contributed by atoms with van der Waals surface area (Å²) >= 11 is 0. The number of phenolic OH excluding ortho intramolecular Hbond substituents is 1. The van der Waals surface area contributed by atoms with Crippen LogP contribution in [-0.2, 0) is 52.7 Å². The molecule has 6 atom stereocenters. The Balaban J connectivity index is 1.92. The average molecular weight is 806 g/mol. The van der Waals surface area contributed by atoms with Crippen LogP contribution in [0.1, 0.15) is 50.8 Å². The summed E-state index contributed by atoms with van der Waals surface area (Å²) in [4.78, 5) is 74.3. The number of likely N-dealkylation sites (N-methyl/N-ethyl adjacent to an activating group) is 3. The van der Waals surface area contributed by atoms with Gasteiger partial charge < -0.3 is 39.5 Å². The number of methoxy groups -OCH3 is 2. The maximum absolute atomic E-state index is 14.5. The molecule has 3 aromatic rings. The van der Waals surface area contributed by atoms with Crippen LogP contribution >= 0.6 is 0 Å². The summed E-state index contributed by atoms with van der Waals surface area (Å²) in [5.41, 5.74) is 2.20. The van der Waals surface area contributed by atoms with E-state index in [-0.39, 0.29) is 18.6 Å². The zero-order valence-corrected chi connectivity index (χ0v) is 35.4. The van der Waals surface area contributed by atoms with Crippen molar-refractivity contribution in [3.05, 3.63) is 89.5 Å². The zero-order valence-electron chi connectivity index (χ0n) is 35.4. The SMILES string of the molecule is CC[C@H](C)[C@H](OC(=O)[C@@H](Cc1ccc(OC)cc1)N(C)C)C(=O)N[C@H](C(=O)N(C)[C@H](Cc1ccc(O)cc1)C(=O)N(C)[C@@H](Cc1ccc([OH2+])cc1)C(=O)OC)C(C)C. The highest BCUT2D eigenvalue weighted by Crippen LogP contribution is 2.22. The number of esters is 2. The molecule has 14 nitrogen and oxygen atoms in total.